The standard InChI is InChI=1S/C25H17Cl2FIN3O4/c26-16-7-6-15(17(27)11-16)13-36-22-8-5-14(9-19(22)29)10-21-24(34)32(25(35)31-21)12-23(33)30-20-4-2-1-3-18(20)28/h1-11H,12-13H2,(H,30,33)(H,31,35)/b21-10+. The largest absolute Gasteiger partial charge is 0.488 e. The third-order valence-electron chi connectivity index (χ3n) is 5.08. The second kappa shape index (κ2) is 11.3. The number of urea groups is 1. The van der Waals surface area contributed by atoms with Crippen molar-refractivity contribution in [3.05, 3.63) is 96.9 Å². The fourth-order valence-corrected chi connectivity index (χ4v) is 4.45. The topological polar surface area (TPSA) is 87.7 Å². The second-order valence-electron chi connectivity index (χ2n) is 7.62. The number of hydrogen-bond donors (Lipinski definition) is 2. The highest BCUT2D eigenvalue weighted by molar-refractivity contribution is 14.1. The zero-order valence-electron chi connectivity index (χ0n) is 18.4. The molecule has 1 heterocycles. The van der Waals surface area contributed by atoms with E-state index in [0.29, 0.717) is 21.4 Å². The van der Waals surface area contributed by atoms with Crippen molar-refractivity contribution in [1.82, 2.24) is 10.2 Å². The number of amides is 4. The van der Waals surface area contributed by atoms with Gasteiger partial charge in [0.2, 0.25) is 5.91 Å². The molecular weight excluding hydrogens is 623 g/mol. The van der Waals surface area contributed by atoms with Gasteiger partial charge >= 0.3 is 6.03 Å². The Labute approximate surface area is 229 Å². The van der Waals surface area contributed by atoms with Gasteiger partial charge in [-0.2, -0.15) is 0 Å². The molecule has 0 unspecified atom stereocenters. The molecule has 1 aliphatic heterocycles. The smallest absolute Gasteiger partial charge is 0.329 e. The van der Waals surface area contributed by atoms with E-state index in [0.717, 1.165) is 14.0 Å². The number of hydrogen-bond acceptors (Lipinski definition) is 4. The van der Waals surface area contributed by atoms with Gasteiger partial charge in [0.25, 0.3) is 5.91 Å². The summed E-state index contributed by atoms with van der Waals surface area (Å²) in [4.78, 5) is 38.0. The van der Waals surface area contributed by atoms with Gasteiger partial charge in [-0.15, -0.1) is 0 Å². The number of ether oxygens (including phenoxy) is 1. The molecule has 0 atom stereocenters. The molecule has 0 spiro atoms. The lowest BCUT2D eigenvalue weighted by atomic mass is 10.2. The summed E-state index contributed by atoms with van der Waals surface area (Å²) in [5.74, 6) is -1.39. The lowest BCUT2D eigenvalue weighted by Crippen LogP contribution is -2.38. The number of rotatable bonds is 7. The number of carbonyl (C=O) groups is 3. The lowest BCUT2D eigenvalue weighted by Gasteiger charge is -2.12. The van der Waals surface area contributed by atoms with Gasteiger partial charge in [0, 0.05) is 15.6 Å². The van der Waals surface area contributed by atoms with Gasteiger partial charge in [-0.3, -0.25) is 9.59 Å². The first-order valence-corrected chi connectivity index (χ1v) is 12.3. The summed E-state index contributed by atoms with van der Waals surface area (Å²) in [7, 11) is 0. The Morgan fingerprint density at radius 1 is 1.11 bits per heavy atom. The molecule has 11 heteroatoms. The van der Waals surface area contributed by atoms with E-state index in [1.165, 1.54) is 24.3 Å². The molecule has 1 fully saturated rings. The van der Waals surface area contributed by atoms with Crippen LogP contribution in [-0.4, -0.2) is 29.3 Å². The van der Waals surface area contributed by atoms with Crippen LogP contribution in [0, 0.1) is 9.39 Å². The number of nitrogens with zero attached hydrogens (tertiary/aromatic N) is 1. The van der Waals surface area contributed by atoms with Crippen LogP contribution in [-0.2, 0) is 16.2 Å². The van der Waals surface area contributed by atoms with Gasteiger partial charge in [0.15, 0.2) is 0 Å². The zero-order chi connectivity index (χ0) is 25.8. The number of halogens is 4. The van der Waals surface area contributed by atoms with E-state index < -0.39 is 30.2 Å². The van der Waals surface area contributed by atoms with Gasteiger partial charge in [-0.05, 0) is 70.6 Å². The maximum Gasteiger partial charge on any atom is 0.329 e. The molecule has 3 aromatic carbocycles. The minimum absolute atomic E-state index is 0.0103. The number of benzene rings is 3. The highest BCUT2D eigenvalue weighted by Gasteiger charge is 2.35. The summed E-state index contributed by atoms with van der Waals surface area (Å²) in [6.45, 7) is -0.321. The average Bonchev–Trinajstić information content (AvgIpc) is 3.08. The zero-order valence-corrected chi connectivity index (χ0v) is 22.0. The fourth-order valence-electron chi connectivity index (χ4n) is 3.30. The molecule has 0 bridgehead atoms. The molecule has 36 heavy (non-hydrogen) atoms. The van der Waals surface area contributed by atoms with Crippen molar-refractivity contribution in [2.45, 2.75) is 6.61 Å². The van der Waals surface area contributed by atoms with E-state index in [1.54, 1.807) is 42.5 Å². The van der Waals surface area contributed by atoms with Crippen LogP contribution in [0.5, 0.6) is 5.75 Å². The summed E-state index contributed by atoms with van der Waals surface area (Å²) >= 11 is 14.2. The van der Waals surface area contributed by atoms with E-state index in [2.05, 4.69) is 33.2 Å². The van der Waals surface area contributed by atoms with Crippen molar-refractivity contribution in [1.29, 1.82) is 0 Å². The summed E-state index contributed by atoms with van der Waals surface area (Å²) in [6, 6.07) is 15.2. The van der Waals surface area contributed by atoms with Crippen LogP contribution in [0.4, 0.5) is 14.9 Å². The summed E-state index contributed by atoms with van der Waals surface area (Å²) < 4.78 is 20.4. The van der Waals surface area contributed by atoms with Gasteiger partial charge in [-0.1, -0.05) is 47.5 Å². The van der Waals surface area contributed by atoms with Crippen LogP contribution in [0.2, 0.25) is 10.0 Å². The molecule has 2 N–H and O–H groups in total. The molecule has 1 saturated heterocycles. The molecular formula is C25H17Cl2FIN3O4. The van der Waals surface area contributed by atoms with Crippen LogP contribution >= 0.6 is 45.8 Å². The quantitative estimate of drug-likeness (QED) is 0.193. The number of imide groups is 1. The van der Waals surface area contributed by atoms with E-state index >= 15 is 0 Å². The summed E-state index contributed by atoms with van der Waals surface area (Å²) in [5.41, 5.74) is 1.38. The van der Waals surface area contributed by atoms with Crippen molar-refractivity contribution in [3.63, 3.8) is 0 Å². The summed E-state index contributed by atoms with van der Waals surface area (Å²) in [6.07, 6.45) is 1.50. The fraction of sp³-hybridized carbons (Fsp3) is 0.0800. The average molecular weight is 640 g/mol. The van der Waals surface area contributed by atoms with Gasteiger partial charge < -0.3 is 15.4 Å². The molecule has 0 aromatic heterocycles. The molecule has 7 nitrogen and oxygen atoms in total. The van der Waals surface area contributed by atoms with E-state index in [4.69, 9.17) is 27.9 Å². The number of anilines is 1. The molecule has 0 saturated carbocycles. The number of nitrogens with one attached hydrogen (secondary N) is 2. The first kappa shape index (κ1) is 25.9. The predicted molar refractivity (Wildman–Crippen MR) is 143 cm³/mol. The maximum absolute atomic E-state index is 13.7. The van der Waals surface area contributed by atoms with Crippen LogP contribution in [0.3, 0.4) is 0 Å². The molecule has 4 rings (SSSR count). The van der Waals surface area contributed by atoms with Crippen LogP contribution in [0.1, 0.15) is 11.1 Å². The van der Waals surface area contributed by atoms with Crippen molar-refractivity contribution in [2.24, 2.45) is 0 Å². The van der Waals surface area contributed by atoms with E-state index in [1.807, 2.05) is 0 Å². The molecule has 4 amide bonds. The van der Waals surface area contributed by atoms with Gasteiger partial charge in [0.05, 0.1) is 9.26 Å². The van der Waals surface area contributed by atoms with Crippen LogP contribution < -0.4 is 15.4 Å². The van der Waals surface area contributed by atoms with E-state index in [9.17, 15) is 18.8 Å². The monoisotopic (exact) mass is 639 g/mol. The molecule has 1 aliphatic rings. The van der Waals surface area contributed by atoms with Crippen LogP contribution in [0.25, 0.3) is 6.08 Å². The predicted octanol–water partition coefficient (Wildman–Crippen LogP) is 5.85. The van der Waals surface area contributed by atoms with Crippen molar-refractivity contribution >= 4 is 75.4 Å². The van der Waals surface area contributed by atoms with E-state index in [-0.39, 0.29) is 18.0 Å². The first-order chi connectivity index (χ1) is 17.2. The molecule has 3 aromatic rings. The maximum atomic E-state index is 13.7. The summed E-state index contributed by atoms with van der Waals surface area (Å²) in [5, 5.41) is 5.85. The number of carbonyl (C=O) groups excluding carboxylic acids is 3. The highest BCUT2D eigenvalue weighted by Crippen LogP contribution is 2.27. The molecule has 184 valence electrons. The van der Waals surface area contributed by atoms with Gasteiger partial charge in [-0.25, -0.2) is 14.1 Å². The van der Waals surface area contributed by atoms with Crippen molar-refractivity contribution < 1.29 is 23.5 Å². The van der Waals surface area contributed by atoms with Crippen molar-refractivity contribution in [2.75, 3.05) is 11.9 Å². The third kappa shape index (κ3) is 6.15. The first-order valence-electron chi connectivity index (χ1n) is 10.5. The Morgan fingerprint density at radius 3 is 2.61 bits per heavy atom. The van der Waals surface area contributed by atoms with Gasteiger partial charge in [0.1, 0.15) is 30.4 Å². The Kier molecular flexibility index (Phi) is 8.12. The third-order valence-corrected chi connectivity index (χ3v) is 6.51. The Morgan fingerprint density at radius 2 is 1.89 bits per heavy atom. The van der Waals surface area contributed by atoms with Crippen molar-refractivity contribution in [3.8, 4) is 5.75 Å². The minimum Gasteiger partial charge on any atom is -0.488 e. The Hall–Kier alpha value is -3.15. The highest BCUT2D eigenvalue weighted by atomic mass is 127. The normalized spacial score (nSPS) is 14.2. The lowest BCUT2D eigenvalue weighted by molar-refractivity contribution is -0.127. The van der Waals surface area contributed by atoms with Crippen LogP contribution in [0.15, 0.2) is 66.4 Å². The Bertz CT molecular complexity index is 1400. The number of para-hydroxylation sites is 1. The SMILES string of the molecule is O=C(CN1C(=O)N/C(=C/c2ccc(OCc3ccc(Cl)cc3Cl)c(I)c2)C1=O)Nc1ccccc1F. The Balaban J connectivity index is 1.41. The minimum atomic E-state index is -0.746. The second-order valence-corrected chi connectivity index (χ2v) is 9.63. The molecule has 0 aliphatic carbocycles. The molecule has 0 radical (unpaired) electrons.